The number of carbonyl (C=O) groups is 1. The number of hydrogen-bond donors (Lipinski definition) is 2. The summed E-state index contributed by atoms with van der Waals surface area (Å²) in [6.07, 6.45) is 0. The summed E-state index contributed by atoms with van der Waals surface area (Å²) in [7, 11) is 0. The first kappa shape index (κ1) is 14.7. The van der Waals surface area contributed by atoms with E-state index in [9.17, 15) is 13.6 Å². The summed E-state index contributed by atoms with van der Waals surface area (Å²) in [6.45, 7) is 2.28. The van der Waals surface area contributed by atoms with E-state index in [1.807, 2.05) is 6.92 Å². The van der Waals surface area contributed by atoms with Crippen molar-refractivity contribution in [2.75, 3.05) is 18.4 Å². The van der Waals surface area contributed by atoms with E-state index in [0.29, 0.717) is 17.2 Å². The molecule has 1 aliphatic rings. The highest BCUT2D eigenvalue weighted by atomic mass is 19.3. The SMILES string of the molecule is Cc1cccc(OC(F)F)c1NC(=O)C(C)C1CNC1. The van der Waals surface area contributed by atoms with Crippen LogP contribution in [0.4, 0.5) is 14.5 Å². The first-order valence-electron chi connectivity index (χ1n) is 6.55. The Labute approximate surface area is 116 Å². The Morgan fingerprint density at radius 1 is 1.45 bits per heavy atom. The summed E-state index contributed by atoms with van der Waals surface area (Å²) in [5.41, 5.74) is 1.01. The van der Waals surface area contributed by atoms with Gasteiger partial charge in [-0.15, -0.1) is 0 Å². The van der Waals surface area contributed by atoms with Crippen LogP contribution in [0.5, 0.6) is 5.75 Å². The van der Waals surface area contributed by atoms with Crippen LogP contribution in [0.3, 0.4) is 0 Å². The van der Waals surface area contributed by atoms with Crippen molar-refractivity contribution in [1.82, 2.24) is 5.32 Å². The molecular formula is C14H18F2N2O2. The molecule has 0 aliphatic carbocycles. The van der Waals surface area contributed by atoms with E-state index in [1.165, 1.54) is 6.07 Å². The number of anilines is 1. The van der Waals surface area contributed by atoms with Gasteiger partial charge in [0, 0.05) is 5.92 Å². The third-order valence-electron chi connectivity index (χ3n) is 3.63. The van der Waals surface area contributed by atoms with E-state index in [-0.39, 0.29) is 17.6 Å². The molecule has 6 heteroatoms. The summed E-state index contributed by atoms with van der Waals surface area (Å²) in [4.78, 5) is 12.2. The first-order chi connectivity index (χ1) is 9.49. The smallest absolute Gasteiger partial charge is 0.387 e. The summed E-state index contributed by atoms with van der Waals surface area (Å²) >= 11 is 0. The molecule has 1 atom stereocenters. The van der Waals surface area contributed by atoms with Crippen LogP contribution in [0.25, 0.3) is 0 Å². The Bertz CT molecular complexity index is 490. The minimum absolute atomic E-state index is 0.00714. The Kier molecular flexibility index (Phi) is 4.54. The highest BCUT2D eigenvalue weighted by molar-refractivity contribution is 5.94. The summed E-state index contributed by atoms with van der Waals surface area (Å²) in [6, 6.07) is 4.77. The number of halogens is 2. The molecule has 2 rings (SSSR count). The summed E-state index contributed by atoms with van der Waals surface area (Å²) < 4.78 is 29.2. The molecule has 1 heterocycles. The number of para-hydroxylation sites is 1. The minimum atomic E-state index is -2.92. The maximum Gasteiger partial charge on any atom is 0.387 e. The van der Waals surface area contributed by atoms with Gasteiger partial charge in [0.15, 0.2) is 0 Å². The molecule has 1 amide bonds. The van der Waals surface area contributed by atoms with Crippen molar-refractivity contribution < 1.29 is 18.3 Å². The van der Waals surface area contributed by atoms with Gasteiger partial charge in [-0.3, -0.25) is 4.79 Å². The second-order valence-corrected chi connectivity index (χ2v) is 5.02. The molecule has 0 saturated carbocycles. The highest BCUT2D eigenvalue weighted by Crippen LogP contribution is 2.30. The van der Waals surface area contributed by atoms with E-state index in [2.05, 4.69) is 15.4 Å². The van der Waals surface area contributed by atoms with E-state index in [1.54, 1.807) is 19.1 Å². The molecule has 1 aromatic rings. The molecule has 20 heavy (non-hydrogen) atoms. The van der Waals surface area contributed by atoms with Crippen LogP contribution in [-0.2, 0) is 4.79 Å². The van der Waals surface area contributed by atoms with Crippen LogP contribution in [0.15, 0.2) is 18.2 Å². The molecule has 4 nitrogen and oxygen atoms in total. The summed E-state index contributed by atoms with van der Waals surface area (Å²) in [5, 5.41) is 5.81. The van der Waals surface area contributed by atoms with Crippen LogP contribution in [-0.4, -0.2) is 25.6 Å². The molecule has 1 aromatic carbocycles. The van der Waals surface area contributed by atoms with Crippen LogP contribution in [0.2, 0.25) is 0 Å². The lowest BCUT2D eigenvalue weighted by atomic mass is 9.88. The summed E-state index contributed by atoms with van der Waals surface area (Å²) in [5.74, 6) is -0.0639. The van der Waals surface area contributed by atoms with Crippen molar-refractivity contribution in [3.63, 3.8) is 0 Å². The van der Waals surface area contributed by atoms with Gasteiger partial charge >= 0.3 is 6.61 Å². The van der Waals surface area contributed by atoms with Crippen molar-refractivity contribution in [2.24, 2.45) is 11.8 Å². The van der Waals surface area contributed by atoms with Gasteiger partial charge in [0.05, 0.1) is 5.69 Å². The van der Waals surface area contributed by atoms with Gasteiger partial charge in [-0.25, -0.2) is 0 Å². The monoisotopic (exact) mass is 284 g/mol. The molecule has 2 N–H and O–H groups in total. The fourth-order valence-electron chi connectivity index (χ4n) is 2.11. The Morgan fingerprint density at radius 2 is 2.15 bits per heavy atom. The lowest BCUT2D eigenvalue weighted by Crippen LogP contribution is -2.48. The van der Waals surface area contributed by atoms with Gasteiger partial charge in [0.25, 0.3) is 0 Å². The van der Waals surface area contributed by atoms with Crippen LogP contribution < -0.4 is 15.4 Å². The van der Waals surface area contributed by atoms with Gasteiger partial charge in [0.1, 0.15) is 5.75 Å². The fraction of sp³-hybridized carbons (Fsp3) is 0.500. The molecule has 0 aromatic heterocycles. The number of benzene rings is 1. The van der Waals surface area contributed by atoms with Crippen molar-refractivity contribution in [1.29, 1.82) is 0 Å². The largest absolute Gasteiger partial charge is 0.433 e. The van der Waals surface area contributed by atoms with Gasteiger partial charge in [-0.2, -0.15) is 8.78 Å². The van der Waals surface area contributed by atoms with Crippen molar-refractivity contribution in [2.45, 2.75) is 20.5 Å². The second-order valence-electron chi connectivity index (χ2n) is 5.02. The first-order valence-corrected chi connectivity index (χ1v) is 6.55. The number of hydrogen-bond acceptors (Lipinski definition) is 3. The molecular weight excluding hydrogens is 266 g/mol. The molecule has 0 bridgehead atoms. The maximum absolute atomic E-state index is 12.4. The third-order valence-corrected chi connectivity index (χ3v) is 3.63. The van der Waals surface area contributed by atoms with Crippen molar-refractivity contribution in [3.8, 4) is 5.75 Å². The second kappa shape index (κ2) is 6.17. The highest BCUT2D eigenvalue weighted by Gasteiger charge is 2.29. The van der Waals surface area contributed by atoms with Crippen LogP contribution in [0, 0.1) is 18.8 Å². The number of rotatable bonds is 5. The number of ether oxygens (including phenoxy) is 1. The fourth-order valence-corrected chi connectivity index (χ4v) is 2.11. The van der Waals surface area contributed by atoms with Gasteiger partial charge in [-0.05, 0) is 37.6 Å². The number of aryl methyl sites for hydroxylation is 1. The number of nitrogens with one attached hydrogen (secondary N) is 2. The molecule has 1 unspecified atom stereocenters. The minimum Gasteiger partial charge on any atom is -0.433 e. The Hall–Kier alpha value is -1.69. The molecule has 110 valence electrons. The Morgan fingerprint density at radius 3 is 2.70 bits per heavy atom. The van der Waals surface area contributed by atoms with E-state index < -0.39 is 6.61 Å². The van der Waals surface area contributed by atoms with Crippen LogP contribution in [0.1, 0.15) is 12.5 Å². The van der Waals surface area contributed by atoms with Crippen molar-refractivity contribution >= 4 is 11.6 Å². The average molecular weight is 284 g/mol. The quantitative estimate of drug-likeness (QED) is 0.873. The topological polar surface area (TPSA) is 50.4 Å². The predicted molar refractivity (Wildman–Crippen MR) is 72.0 cm³/mol. The zero-order valence-corrected chi connectivity index (χ0v) is 11.5. The standard InChI is InChI=1S/C14H18F2N2O2/c1-8-4-3-5-11(20-14(15)16)12(8)18-13(19)9(2)10-6-17-7-10/h3-5,9-10,14,17H,6-7H2,1-2H3,(H,18,19). The number of carbonyl (C=O) groups excluding carboxylic acids is 1. The molecule has 1 fully saturated rings. The average Bonchev–Trinajstić information content (AvgIpc) is 2.30. The van der Waals surface area contributed by atoms with Gasteiger partial charge in [-0.1, -0.05) is 19.1 Å². The maximum atomic E-state index is 12.4. The molecule has 1 saturated heterocycles. The Balaban J connectivity index is 2.12. The molecule has 1 aliphatic heterocycles. The zero-order valence-electron chi connectivity index (χ0n) is 11.5. The molecule has 0 spiro atoms. The lowest BCUT2D eigenvalue weighted by molar-refractivity contribution is -0.121. The normalized spacial score (nSPS) is 16.6. The van der Waals surface area contributed by atoms with Gasteiger partial charge < -0.3 is 15.4 Å². The van der Waals surface area contributed by atoms with Crippen molar-refractivity contribution in [3.05, 3.63) is 23.8 Å². The van der Waals surface area contributed by atoms with Gasteiger partial charge in [0.2, 0.25) is 5.91 Å². The zero-order chi connectivity index (χ0) is 14.7. The third kappa shape index (κ3) is 3.25. The number of alkyl halides is 2. The van der Waals surface area contributed by atoms with E-state index >= 15 is 0 Å². The van der Waals surface area contributed by atoms with E-state index in [0.717, 1.165) is 13.1 Å². The van der Waals surface area contributed by atoms with Crippen LogP contribution >= 0.6 is 0 Å². The van der Waals surface area contributed by atoms with E-state index in [4.69, 9.17) is 0 Å². The molecule has 0 radical (unpaired) electrons. The number of amides is 1. The lowest BCUT2D eigenvalue weighted by Gasteiger charge is -2.32. The predicted octanol–water partition coefficient (Wildman–Crippen LogP) is 2.39.